The molecular formula is C17H26N4O5S. The van der Waals surface area contributed by atoms with Gasteiger partial charge in [0.15, 0.2) is 0 Å². The molecule has 1 aromatic rings. The monoisotopic (exact) mass is 398 g/mol. The second kappa shape index (κ2) is 9.77. The Kier molecular flexibility index (Phi) is 7.69. The summed E-state index contributed by atoms with van der Waals surface area (Å²) in [6.45, 7) is 2.39. The highest BCUT2D eigenvalue weighted by Gasteiger charge is 2.23. The first-order chi connectivity index (χ1) is 12.8. The Morgan fingerprint density at radius 1 is 1.22 bits per heavy atom. The van der Waals surface area contributed by atoms with E-state index in [0.29, 0.717) is 19.0 Å². The molecule has 2 rings (SSSR count). The first-order valence-corrected chi connectivity index (χ1v) is 10.5. The van der Waals surface area contributed by atoms with Crippen LogP contribution in [-0.4, -0.2) is 57.4 Å². The van der Waals surface area contributed by atoms with Crippen LogP contribution >= 0.6 is 0 Å². The van der Waals surface area contributed by atoms with Crippen molar-refractivity contribution in [2.45, 2.75) is 30.6 Å². The molecule has 1 aromatic carbocycles. The van der Waals surface area contributed by atoms with E-state index in [-0.39, 0.29) is 29.5 Å². The van der Waals surface area contributed by atoms with Crippen LogP contribution in [0.4, 0.5) is 5.69 Å². The summed E-state index contributed by atoms with van der Waals surface area (Å²) >= 11 is 0. The van der Waals surface area contributed by atoms with Crippen LogP contribution in [0.25, 0.3) is 0 Å². The molecule has 0 aromatic heterocycles. The zero-order valence-electron chi connectivity index (χ0n) is 15.4. The summed E-state index contributed by atoms with van der Waals surface area (Å²) in [6.07, 6.45) is 3.14. The van der Waals surface area contributed by atoms with Crippen molar-refractivity contribution in [2.24, 2.45) is 5.92 Å². The van der Waals surface area contributed by atoms with Gasteiger partial charge in [-0.05, 0) is 50.9 Å². The molecule has 1 saturated heterocycles. The lowest BCUT2D eigenvalue weighted by atomic mass is 9.93. The number of nitro groups is 1. The second-order valence-corrected chi connectivity index (χ2v) is 8.38. The number of carbonyl (C=O) groups excluding carboxylic acids is 1. The largest absolute Gasteiger partial charge is 0.343 e. The van der Waals surface area contributed by atoms with Crippen LogP contribution in [0.2, 0.25) is 0 Å². The summed E-state index contributed by atoms with van der Waals surface area (Å²) in [6, 6.07) is 4.63. The third kappa shape index (κ3) is 6.26. The molecule has 0 atom stereocenters. The van der Waals surface area contributed by atoms with Gasteiger partial charge in [-0.25, -0.2) is 13.1 Å². The van der Waals surface area contributed by atoms with Crippen molar-refractivity contribution >= 4 is 21.6 Å². The Morgan fingerprint density at radius 2 is 1.85 bits per heavy atom. The first-order valence-electron chi connectivity index (χ1n) is 9.00. The molecule has 1 heterocycles. The molecule has 1 aliphatic rings. The summed E-state index contributed by atoms with van der Waals surface area (Å²) in [4.78, 5) is 24.0. The van der Waals surface area contributed by atoms with Gasteiger partial charge < -0.3 is 10.2 Å². The van der Waals surface area contributed by atoms with Crippen LogP contribution < -0.4 is 10.0 Å². The van der Waals surface area contributed by atoms with Gasteiger partial charge >= 0.3 is 0 Å². The Bertz CT molecular complexity index is 743. The van der Waals surface area contributed by atoms with Crippen LogP contribution in [0.3, 0.4) is 0 Å². The number of rotatable bonds is 9. The van der Waals surface area contributed by atoms with E-state index >= 15 is 0 Å². The van der Waals surface area contributed by atoms with E-state index in [4.69, 9.17) is 0 Å². The molecule has 0 bridgehead atoms. The highest BCUT2D eigenvalue weighted by molar-refractivity contribution is 7.89. The summed E-state index contributed by atoms with van der Waals surface area (Å²) in [5.74, 6) is 0.565. The second-order valence-electron chi connectivity index (χ2n) is 6.62. The SMILES string of the molecule is CNCCC1CCN(C(=O)CCNS(=O)(=O)c2ccc([N+](=O)[O-])cc2)CC1. The number of piperidine rings is 1. The van der Waals surface area contributed by atoms with Crippen molar-refractivity contribution < 1.29 is 18.1 Å². The molecule has 1 fully saturated rings. The van der Waals surface area contributed by atoms with Gasteiger partial charge in [0, 0.05) is 38.2 Å². The van der Waals surface area contributed by atoms with Crippen molar-refractivity contribution in [3.8, 4) is 0 Å². The number of benzene rings is 1. The van der Waals surface area contributed by atoms with Gasteiger partial charge in [0.2, 0.25) is 15.9 Å². The van der Waals surface area contributed by atoms with Gasteiger partial charge in [-0.3, -0.25) is 14.9 Å². The van der Waals surface area contributed by atoms with Gasteiger partial charge in [0.1, 0.15) is 0 Å². The number of non-ortho nitro benzene ring substituents is 1. The predicted molar refractivity (Wildman–Crippen MR) is 101 cm³/mol. The average molecular weight is 398 g/mol. The maximum absolute atomic E-state index is 12.3. The maximum atomic E-state index is 12.3. The van der Waals surface area contributed by atoms with E-state index in [9.17, 15) is 23.3 Å². The third-order valence-corrected chi connectivity index (χ3v) is 6.24. The molecule has 0 radical (unpaired) electrons. The Morgan fingerprint density at radius 3 is 2.41 bits per heavy atom. The molecule has 0 aliphatic carbocycles. The topological polar surface area (TPSA) is 122 Å². The molecule has 0 spiro atoms. The Balaban J connectivity index is 1.78. The number of likely N-dealkylation sites (tertiary alicyclic amines) is 1. The van der Waals surface area contributed by atoms with Gasteiger partial charge in [-0.15, -0.1) is 0 Å². The van der Waals surface area contributed by atoms with Gasteiger partial charge in [0.25, 0.3) is 5.69 Å². The number of amides is 1. The molecule has 1 amide bonds. The molecule has 150 valence electrons. The van der Waals surface area contributed by atoms with E-state index in [2.05, 4.69) is 10.0 Å². The molecule has 10 heteroatoms. The van der Waals surface area contributed by atoms with Gasteiger partial charge in [-0.1, -0.05) is 0 Å². The van der Waals surface area contributed by atoms with Crippen LogP contribution in [0.15, 0.2) is 29.2 Å². The fourth-order valence-electron chi connectivity index (χ4n) is 3.10. The molecular weight excluding hydrogens is 372 g/mol. The van der Waals surface area contributed by atoms with E-state index in [1.807, 2.05) is 7.05 Å². The lowest BCUT2D eigenvalue weighted by molar-refractivity contribution is -0.384. The van der Waals surface area contributed by atoms with Crippen LogP contribution in [0.1, 0.15) is 25.7 Å². The number of nitro benzene ring substituents is 1. The minimum absolute atomic E-state index is 0.00215. The van der Waals surface area contributed by atoms with Crippen LogP contribution in [-0.2, 0) is 14.8 Å². The van der Waals surface area contributed by atoms with Crippen LogP contribution in [0, 0.1) is 16.0 Å². The highest BCUT2D eigenvalue weighted by Crippen LogP contribution is 2.20. The molecule has 2 N–H and O–H groups in total. The van der Waals surface area contributed by atoms with Crippen molar-refractivity contribution in [1.29, 1.82) is 0 Å². The predicted octanol–water partition coefficient (Wildman–Crippen LogP) is 1.11. The quantitative estimate of drug-likeness (QED) is 0.475. The molecule has 0 saturated carbocycles. The minimum atomic E-state index is -3.80. The van der Waals surface area contributed by atoms with Crippen molar-refractivity contribution in [1.82, 2.24) is 14.9 Å². The zero-order chi connectivity index (χ0) is 19.9. The Hall–Kier alpha value is -2.04. The van der Waals surface area contributed by atoms with E-state index in [1.165, 1.54) is 12.1 Å². The van der Waals surface area contributed by atoms with Gasteiger partial charge in [-0.2, -0.15) is 0 Å². The first kappa shape index (κ1) is 21.3. The fourth-order valence-corrected chi connectivity index (χ4v) is 4.13. The van der Waals surface area contributed by atoms with E-state index in [0.717, 1.165) is 37.9 Å². The van der Waals surface area contributed by atoms with E-state index < -0.39 is 14.9 Å². The lowest BCUT2D eigenvalue weighted by Gasteiger charge is -2.32. The smallest absolute Gasteiger partial charge is 0.269 e. The number of sulfonamides is 1. The number of nitrogens with zero attached hydrogens (tertiary/aromatic N) is 2. The number of hydrogen-bond acceptors (Lipinski definition) is 6. The fraction of sp³-hybridized carbons (Fsp3) is 0.588. The van der Waals surface area contributed by atoms with E-state index in [1.54, 1.807) is 4.90 Å². The molecule has 27 heavy (non-hydrogen) atoms. The van der Waals surface area contributed by atoms with Crippen molar-refractivity contribution in [2.75, 3.05) is 33.2 Å². The molecule has 9 nitrogen and oxygen atoms in total. The normalized spacial score (nSPS) is 15.7. The summed E-state index contributed by atoms with van der Waals surface area (Å²) in [5, 5.41) is 13.8. The Labute approximate surface area is 159 Å². The number of carbonyl (C=O) groups is 1. The standard InChI is InChI=1S/C17H26N4O5S/c1-18-10-6-14-8-12-20(13-9-14)17(22)7-11-19-27(25,26)16-4-2-15(3-5-16)21(23)24/h2-5,14,18-19H,6-13H2,1H3. The van der Waals surface area contributed by atoms with Crippen molar-refractivity contribution in [3.05, 3.63) is 34.4 Å². The summed E-state index contributed by atoms with van der Waals surface area (Å²) in [7, 11) is -1.87. The number of nitrogens with one attached hydrogen (secondary N) is 2. The summed E-state index contributed by atoms with van der Waals surface area (Å²) in [5.41, 5.74) is -0.178. The highest BCUT2D eigenvalue weighted by atomic mass is 32.2. The maximum Gasteiger partial charge on any atom is 0.269 e. The molecule has 1 aliphatic heterocycles. The zero-order valence-corrected chi connectivity index (χ0v) is 16.2. The lowest BCUT2D eigenvalue weighted by Crippen LogP contribution is -2.40. The molecule has 0 unspecified atom stereocenters. The van der Waals surface area contributed by atoms with Crippen LogP contribution in [0.5, 0.6) is 0 Å². The third-order valence-electron chi connectivity index (χ3n) is 4.76. The minimum Gasteiger partial charge on any atom is -0.343 e. The summed E-state index contributed by atoms with van der Waals surface area (Å²) < 4.78 is 26.8. The average Bonchev–Trinajstić information content (AvgIpc) is 2.66. The number of hydrogen-bond donors (Lipinski definition) is 2. The van der Waals surface area contributed by atoms with Gasteiger partial charge in [0.05, 0.1) is 9.82 Å². The van der Waals surface area contributed by atoms with Crippen molar-refractivity contribution in [3.63, 3.8) is 0 Å².